The molecule has 2 aromatic rings. The zero-order valence-electron chi connectivity index (χ0n) is 12.7. The van der Waals surface area contributed by atoms with Gasteiger partial charge in [-0.15, -0.1) is 11.3 Å². The van der Waals surface area contributed by atoms with Crippen LogP contribution in [0.25, 0.3) is 0 Å². The number of amides is 1. The summed E-state index contributed by atoms with van der Waals surface area (Å²) >= 11 is 1.59. The summed E-state index contributed by atoms with van der Waals surface area (Å²) in [5.74, 6) is 1.79. The topological polar surface area (TPSA) is 51.0 Å². The number of likely N-dealkylation sites (tertiary alicyclic amines) is 1. The molecule has 1 amide bonds. The van der Waals surface area contributed by atoms with E-state index < -0.39 is 0 Å². The molecule has 1 atom stereocenters. The molecule has 0 radical (unpaired) electrons. The van der Waals surface area contributed by atoms with Gasteiger partial charge < -0.3 is 9.47 Å². The standard InChI is InChI=1S/C16H20N4OS/c1-11-17-6-8-20(11)13-3-2-7-19(10-13)16(21)14-9-18-15(22-14)12-4-5-12/h6,8-9,12-13H,2-5,7,10H2,1H3/t13-/m0/s1. The molecule has 0 N–H and O–H groups in total. The highest BCUT2D eigenvalue weighted by molar-refractivity contribution is 7.13. The van der Waals surface area contributed by atoms with Crippen molar-refractivity contribution in [2.24, 2.45) is 0 Å². The minimum Gasteiger partial charge on any atom is -0.336 e. The van der Waals surface area contributed by atoms with Crippen LogP contribution < -0.4 is 0 Å². The Balaban J connectivity index is 1.49. The van der Waals surface area contributed by atoms with Crippen molar-refractivity contribution in [3.05, 3.63) is 34.3 Å². The third-order valence-electron chi connectivity index (χ3n) is 4.60. The second-order valence-corrected chi connectivity index (χ2v) is 7.33. The Kier molecular flexibility index (Phi) is 3.48. The maximum absolute atomic E-state index is 12.7. The molecule has 0 aromatic carbocycles. The van der Waals surface area contributed by atoms with E-state index in [-0.39, 0.29) is 5.91 Å². The van der Waals surface area contributed by atoms with Crippen molar-refractivity contribution in [3.8, 4) is 0 Å². The van der Waals surface area contributed by atoms with Crippen molar-refractivity contribution in [1.82, 2.24) is 19.4 Å². The summed E-state index contributed by atoms with van der Waals surface area (Å²) in [4.78, 5) is 24.2. The first-order chi connectivity index (χ1) is 10.7. The summed E-state index contributed by atoms with van der Waals surface area (Å²) in [7, 11) is 0. The summed E-state index contributed by atoms with van der Waals surface area (Å²) in [5.41, 5.74) is 0. The van der Waals surface area contributed by atoms with Crippen LogP contribution in [0.2, 0.25) is 0 Å². The van der Waals surface area contributed by atoms with Crippen molar-refractivity contribution in [3.63, 3.8) is 0 Å². The highest BCUT2D eigenvalue weighted by Gasteiger charge is 2.30. The molecule has 3 heterocycles. The fourth-order valence-corrected chi connectivity index (χ4v) is 4.26. The minimum atomic E-state index is 0.145. The number of hydrogen-bond acceptors (Lipinski definition) is 4. The molecule has 6 heteroatoms. The minimum absolute atomic E-state index is 0.145. The number of thiazole rings is 1. The van der Waals surface area contributed by atoms with Gasteiger partial charge in [-0.05, 0) is 32.6 Å². The van der Waals surface area contributed by atoms with E-state index in [2.05, 4.69) is 14.5 Å². The molecule has 2 aromatic heterocycles. The Morgan fingerprint density at radius 1 is 1.32 bits per heavy atom. The SMILES string of the molecule is Cc1nccn1[C@H]1CCCN(C(=O)c2cnc(C3CC3)s2)C1. The van der Waals surface area contributed by atoms with Gasteiger partial charge in [-0.3, -0.25) is 4.79 Å². The fraction of sp³-hybridized carbons (Fsp3) is 0.562. The lowest BCUT2D eigenvalue weighted by Gasteiger charge is -2.33. The van der Waals surface area contributed by atoms with Gasteiger partial charge in [-0.25, -0.2) is 9.97 Å². The summed E-state index contributed by atoms with van der Waals surface area (Å²) in [6.07, 6.45) is 10.2. The molecule has 0 unspecified atom stereocenters. The Labute approximate surface area is 134 Å². The van der Waals surface area contributed by atoms with E-state index in [1.165, 1.54) is 12.8 Å². The van der Waals surface area contributed by atoms with Gasteiger partial charge in [0.05, 0.1) is 17.2 Å². The molecule has 2 aliphatic rings. The van der Waals surface area contributed by atoms with Gasteiger partial charge in [0.1, 0.15) is 10.7 Å². The maximum atomic E-state index is 12.7. The summed E-state index contributed by atoms with van der Waals surface area (Å²) in [6.45, 7) is 3.64. The Bertz CT molecular complexity index is 688. The molecule has 1 aliphatic carbocycles. The van der Waals surface area contributed by atoms with Crippen molar-refractivity contribution in [2.45, 2.75) is 44.6 Å². The molecular formula is C16H20N4OS. The van der Waals surface area contributed by atoms with E-state index in [0.717, 1.165) is 41.6 Å². The number of imidazole rings is 1. The highest BCUT2D eigenvalue weighted by Crippen LogP contribution is 2.42. The van der Waals surface area contributed by atoms with Crippen LogP contribution in [0.15, 0.2) is 18.6 Å². The van der Waals surface area contributed by atoms with Gasteiger partial charge in [0, 0.05) is 31.4 Å². The number of rotatable bonds is 3. The van der Waals surface area contributed by atoms with Crippen LogP contribution in [-0.2, 0) is 0 Å². The molecule has 1 aliphatic heterocycles. The monoisotopic (exact) mass is 316 g/mol. The van der Waals surface area contributed by atoms with E-state index in [9.17, 15) is 4.79 Å². The zero-order valence-corrected chi connectivity index (χ0v) is 13.6. The van der Waals surface area contributed by atoms with Crippen LogP contribution in [0, 0.1) is 6.92 Å². The van der Waals surface area contributed by atoms with E-state index in [4.69, 9.17) is 0 Å². The van der Waals surface area contributed by atoms with Crippen LogP contribution in [0.1, 0.15) is 58.1 Å². The summed E-state index contributed by atoms with van der Waals surface area (Å²) < 4.78 is 2.20. The largest absolute Gasteiger partial charge is 0.336 e. The Hall–Kier alpha value is -1.69. The molecule has 4 rings (SSSR count). The number of piperidine rings is 1. The van der Waals surface area contributed by atoms with Gasteiger partial charge in [0.25, 0.3) is 5.91 Å². The number of hydrogen-bond donors (Lipinski definition) is 0. The fourth-order valence-electron chi connectivity index (χ4n) is 3.20. The van der Waals surface area contributed by atoms with Crippen molar-refractivity contribution < 1.29 is 4.79 Å². The van der Waals surface area contributed by atoms with Crippen LogP contribution in [0.5, 0.6) is 0 Å². The molecular weight excluding hydrogens is 296 g/mol. The number of aryl methyl sites for hydroxylation is 1. The van der Waals surface area contributed by atoms with Crippen LogP contribution in [0.3, 0.4) is 0 Å². The van der Waals surface area contributed by atoms with Gasteiger partial charge in [0.2, 0.25) is 0 Å². The Morgan fingerprint density at radius 2 is 2.18 bits per heavy atom. The predicted molar refractivity (Wildman–Crippen MR) is 85.2 cm³/mol. The highest BCUT2D eigenvalue weighted by atomic mass is 32.1. The second-order valence-electron chi connectivity index (χ2n) is 6.27. The molecule has 116 valence electrons. The van der Waals surface area contributed by atoms with Crippen molar-refractivity contribution in [1.29, 1.82) is 0 Å². The molecule has 1 saturated heterocycles. The molecule has 0 bridgehead atoms. The normalized spacial score (nSPS) is 22.0. The lowest BCUT2D eigenvalue weighted by atomic mass is 10.1. The van der Waals surface area contributed by atoms with Crippen LogP contribution in [0.4, 0.5) is 0 Å². The van der Waals surface area contributed by atoms with Crippen molar-refractivity contribution >= 4 is 17.2 Å². The van der Waals surface area contributed by atoms with Crippen LogP contribution in [-0.4, -0.2) is 38.4 Å². The maximum Gasteiger partial charge on any atom is 0.265 e. The van der Waals surface area contributed by atoms with E-state index >= 15 is 0 Å². The molecule has 1 saturated carbocycles. The number of carbonyl (C=O) groups excluding carboxylic acids is 1. The van der Waals surface area contributed by atoms with Crippen molar-refractivity contribution in [2.75, 3.05) is 13.1 Å². The average molecular weight is 316 g/mol. The molecule has 2 fully saturated rings. The molecule has 22 heavy (non-hydrogen) atoms. The lowest BCUT2D eigenvalue weighted by molar-refractivity contribution is 0.0683. The Morgan fingerprint density at radius 3 is 2.91 bits per heavy atom. The van der Waals surface area contributed by atoms with Gasteiger partial charge in [-0.1, -0.05) is 0 Å². The van der Waals surface area contributed by atoms with Gasteiger partial charge in [-0.2, -0.15) is 0 Å². The third kappa shape index (κ3) is 2.56. The summed E-state index contributed by atoms with van der Waals surface area (Å²) in [6, 6.07) is 0.344. The van der Waals surface area contributed by atoms with Gasteiger partial charge >= 0.3 is 0 Å². The molecule has 0 spiro atoms. The van der Waals surface area contributed by atoms with Gasteiger partial charge in [0.15, 0.2) is 0 Å². The van der Waals surface area contributed by atoms with E-state index in [1.807, 2.05) is 24.2 Å². The first-order valence-electron chi connectivity index (χ1n) is 7.97. The second kappa shape index (κ2) is 5.50. The van der Waals surface area contributed by atoms with E-state index in [0.29, 0.717) is 12.0 Å². The third-order valence-corrected chi connectivity index (χ3v) is 5.75. The smallest absolute Gasteiger partial charge is 0.265 e. The van der Waals surface area contributed by atoms with E-state index in [1.54, 1.807) is 17.5 Å². The first kappa shape index (κ1) is 13.9. The number of aromatic nitrogens is 3. The quantitative estimate of drug-likeness (QED) is 0.874. The first-order valence-corrected chi connectivity index (χ1v) is 8.78. The lowest BCUT2D eigenvalue weighted by Crippen LogP contribution is -2.40. The number of nitrogens with zero attached hydrogens (tertiary/aromatic N) is 4. The number of carbonyl (C=O) groups is 1. The predicted octanol–water partition coefficient (Wildman–Crippen LogP) is 3.00. The average Bonchev–Trinajstić information content (AvgIpc) is 3.11. The molecule has 5 nitrogen and oxygen atoms in total. The zero-order chi connectivity index (χ0) is 15.1. The summed E-state index contributed by atoms with van der Waals surface area (Å²) in [5, 5.41) is 1.14. The van der Waals surface area contributed by atoms with Crippen LogP contribution >= 0.6 is 11.3 Å².